The van der Waals surface area contributed by atoms with E-state index >= 15 is 0 Å². The van der Waals surface area contributed by atoms with Gasteiger partial charge in [0.25, 0.3) is 0 Å². The van der Waals surface area contributed by atoms with Crippen molar-refractivity contribution in [3.05, 3.63) is 0 Å². The number of hydrogen-bond acceptors (Lipinski definition) is 4. The molecule has 3 N–H and O–H groups in total. The van der Waals surface area contributed by atoms with Crippen molar-refractivity contribution in [3.63, 3.8) is 0 Å². The molecular formula is C10H18N2O3. The van der Waals surface area contributed by atoms with Crippen LogP contribution >= 0.6 is 0 Å². The van der Waals surface area contributed by atoms with Crippen LogP contribution in [-0.4, -0.2) is 41.0 Å². The van der Waals surface area contributed by atoms with Gasteiger partial charge in [-0.2, -0.15) is 0 Å². The predicted octanol–water partition coefficient (Wildman–Crippen LogP) is -0.0153. The van der Waals surface area contributed by atoms with Gasteiger partial charge in [0.2, 0.25) is 0 Å². The summed E-state index contributed by atoms with van der Waals surface area (Å²) in [5.74, 6) is 0. The Kier molecular flexibility index (Phi) is 2.39. The van der Waals surface area contributed by atoms with Crippen LogP contribution in [0.25, 0.3) is 0 Å². The fraction of sp³-hybridized carbons (Fsp3) is 0.900. The van der Waals surface area contributed by atoms with Crippen LogP contribution in [-0.2, 0) is 4.74 Å². The number of rotatable bonds is 1. The first-order valence-corrected chi connectivity index (χ1v) is 5.30. The second-order valence-electron chi connectivity index (χ2n) is 5.27. The SMILES string of the molecule is CC(C)(C)OC(=O)NC1CC(O)C2NC12. The molecule has 0 aromatic heterocycles. The van der Waals surface area contributed by atoms with E-state index < -0.39 is 11.7 Å². The normalized spacial score (nSPS) is 38.4. The monoisotopic (exact) mass is 214 g/mol. The molecule has 1 aliphatic carbocycles. The van der Waals surface area contributed by atoms with Crippen molar-refractivity contribution >= 4 is 6.09 Å². The summed E-state index contributed by atoms with van der Waals surface area (Å²) in [5, 5.41) is 15.4. The summed E-state index contributed by atoms with van der Waals surface area (Å²) < 4.78 is 5.14. The number of nitrogens with one attached hydrogen (secondary N) is 2. The van der Waals surface area contributed by atoms with Crippen molar-refractivity contribution in [1.82, 2.24) is 10.6 Å². The van der Waals surface area contributed by atoms with Crippen LogP contribution in [0.5, 0.6) is 0 Å². The Morgan fingerprint density at radius 3 is 2.53 bits per heavy atom. The predicted molar refractivity (Wildman–Crippen MR) is 54.5 cm³/mol. The summed E-state index contributed by atoms with van der Waals surface area (Å²) in [4.78, 5) is 11.4. The lowest BCUT2D eigenvalue weighted by molar-refractivity contribution is 0.0496. The average Bonchev–Trinajstić information content (AvgIpc) is 2.71. The van der Waals surface area contributed by atoms with Crippen LogP contribution in [0.2, 0.25) is 0 Å². The van der Waals surface area contributed by atoms with Gasteiger partial charge >= 0.3 is 6.09 Å². The number of amides is 1. The molecule has 1 amide bonds. The van der Waals surface area contributed by atoms with Crippen molar-refractivity contribution in [2.45, 2.75) is 57.0 Å². The minimum Gasteiger partial charge on any atom is -0.444 e. The van der Waals surface area contributed by atoms with Crippen LogP contribution in [0.15, 0.2) is 0 Å². The maximum atomic E-state index is 11.4. The number of alkyl carbamates (subject to hydrolysis) is 1. The zero-order chi connectivity index (χ0) is 11.2. The summed E-state index contributed by atoms with van der Waals surface area (Å²) in [6.45, 7) is 5.48. The zero-order valence-corrected chi connectivity index (χ0v) is 9.28. The van der Waals surface area contributed by atoms with E-state index in [0.717, 1.165) is 0 Å². The Labute approximate surface area is 89.2 Å². The minimum absolute atomic E-state index is 0.000139. The Morgan fingerprint density at radius 2 is 2.13 bits per heavy atom. The van der Waals surface area contributed by atoms with Crippen LogP contribution in [0.4, 0.5) is 4.79 Å². The Bertz CT molecular complexity index is 274. The smallest absolute Gasteiger partial charge is 0.407 e. The largest absolute Gasteiger partial charge is 0.444 e. The summed E-state index contributed by atoms with van der Waals surface area (Å²) in [5.41, 5.74) is -0.475. The molecule has 1 aliphatic heterocycles. The van der Waals surface area contributed by atoms with E-state index in [-0.39, 0.29) is 24.2 Å². The molecule has 2 rings (SSSR count). The van der Waals surface area contributed by atoms with Gasteiger partial charge in [-0.25, -0.2) is 4.79 Å². The van der Waals surface area contributed by atoms with Gasteiger partial charge in [-0.15, -0.1) is 0 Å². The third-order valence-corrected chi connectivity index (χ3v) is 2.71. The molecule has 1 saturated heterocycles. The van der Waals surface area contributed by atoms with Gasteiger partial charge in [0, 0.05) is 6.04 Å². The molecule has 0 radical (unpaired) electrons. The van der Waals surface area contributed by atoms with E-state index in [0.29, 0.717) is 6.42 Å². The number of hydrogen-bond donors (Lipinski definition) is 3. The molecule has 1 heterocycles. The quantitative estimate of drug-likeness (QED) is 0.536. The third-order valence-electron chi connectivity index (χ3n) is 2.71. The number of carbonyl (C=O) groups excluding carboxylic acids is 1. The molecule has 2 fully saturated rings. The Hall–Kier alpha value is -0.810. The Morgan fingerprint density at radius 1 is 1.47 bits per heavy atom. The van der Waals surface area contributed by atoms with Crippen LogP contribution in [0.3, 0.4) is 0 Å². The maximum Gasteiger partial charge on any atom is 0.407 e. The van der Waals surface area contributed by atoms with Crippen LogP contribution < -0.4 is 10.6 Å². The first-order chi connectivity index (χ1) is 6.87. The van der Waals surface area contributed by atoms with Crippen molar-refractivity contribution < 1.29 is 14.6 Å². The first-order valence-electron chi connectivity index (χ1n) is 5.30. The third kappa shape index (κ3) is 2.41. The molecule has 0 spiro atoms. The first kappa shape index (κ1) is 10.7. The fourth-order valence-corrected chi connectivity index (χ4v) is 2.04. The number of carbonyl (C=O) groups is 1. The topological polar surface area (TPSA) is 80.5 Å². The second-order valence-corrected chi connectivity index (χ2v) is 5.27. The molecule has 4 atom stereocenters. The molecule has 2 aliphatic rings. The second kappa shape index (κ2) is 3.35. The summed E-state index contributed by atoms with van der Waals surface area (Å²) >= 11 is 0. The zero-order valence-electron chi connectivity index (χ0n) is 9.28. The molecule has 0 aromatic carbocycles. The van der Waals surface area contributed by atoms with E-state index in [1.165, 1.54) is 0 Å². The highest BCUT2D eigenvalue weighted by molar-refractivity contribution is 5.68. The van der Waals surface area contributed by atoms with E-state index in [4.69, 9.17) is 4.74 Å². The van der Waals surface area contributed by atoms with Gasteiger partial charge < -0.3 is 20.5 Å². The standard InChI is InChI=1S/C10H18N2O3/c1-10(2,3)15-9(14)11-5-4-6(13)8-7(5)12-8/h5-8,12-13H,4H2,1-3H3,(H,11,14). The van der Waals surface area contributed by atoms with Gasteiger partial charge in [-0.1, -0.05) is 0 Å². The van der Waals surface area contributed by atoms with E-state index in [2.05, 4.69) is 10.6 Å². The number of ether oxygens (including phenoxy) is 1. The number of fused-ring (bicyclic) bond motifs is 1. The molecule has 1 saturated carbocycles. The van der Waals surface area contributed by atoms with Gasteiger partial charge in [-0.3, -0.25) is 0 Å². The maximum absolute atomic E-state index is 11.4. The molecular weight excluding hydrogens is 196 g/mol. The van der Waals surface area contributed by atoms with Gasteiger partial charge in [-0.05, 0) is 27.2 Å². The summed E-state index contributed by atoms with van der Waals surface area (Å²) in [6, 6.07) is 0.400. The molecule has 4 unspecified atom stereocenters. The molecule has 86 valence electrons. The van der Waals surface area contributed by atoms with E-state index in [1.54, 1.807) is 0 Å². The lowest BCUT2D eigenvalue weighted by Gasteiger charge is -2.22. The Balaban J connectivity index is 1.80. The molecule has 0 aromatic rings. The highest BCUT2D eigenvalue weighted by Gasteiger charge is 2.54. The highest BCUT2D eigenvalue weighted by atomic mass is 16.6. The number of piperidine rings is 1. The van der Waals surface area contributed by atoms with Crippen molar-refractivity contribution in [2.24, 2.45) is 0 Å². The van der Waals surface area contributed by atoms with Crippen LogP contribution in [0, 0.1) is 0 Å². The minimum atomic E-state index is -0.475. The summed E-state index contributed by atoms with van der Waals surface area (Å²) in [7, 11) is 0. The average molecular weight is 214 g/mol. The molecule has 0 bridgehead atoms. The number of aliphatic hydroxyl groups excluding tert-OH is 1. The van der Waals surface area contributed by atoms with Crippen molar-refractivity contribution in [3.8, 4) is 0 Å². The molecule has 15 heavy (non-hydrogen) atoms. The van der Waals surface area contributed by atoms with Crippen molar-refractivity contribution in [2.75, 3.05) is 0 Å². The lowest BCUT2D eigenvalue weighted by atomic mass is 10.2. The molecule has 5 heteroatoms. The van der Waals surface area contributed by atoms with Crippen LogP contribution in [0.1, 0.15) is 27.2 Å². The van der Waals surface area contributed by atoms with Gasteiger partial charge in [0.1, 0.15) is 5.60 Å². The van der Waals surface area contributed by atoms with Gasteiger partial charge in [0.15, 0.2) is 0 Å². The van der Waals surface area contributed by atoms with E-state index in [9.17, 15) is 9.90 Å². The molecule has 5 nitrogen and oxygen atoms in total. The fourth-order valence-electron chi connectivity index (χ4n) is 2.04. The lowest BCUT2D eigenvalue weighted by Crippen LogP contribution is -2.42. The van der Waals surface area contributed by atoms with E-state index in [1.807, 2.05) is 20.8 Å². The highest BCUT2D eigenvalue weighted by Crippen LogP contribution is 2.31. The summed E-state index contributed by atoms with van der Waals surface area (Å²) in [6.07, 6.45) is -0.134. The number of aliphatic hydroxyl groups is 1. The van der Waals surface area contributed by atoms with Gasteiger partial charge in [0.05, 0.1) is 18.2 Å². The van der Waals surface area contributed by atoms with Crippen molar-refractivity contribution in [1.29, 1.82) is 0 Å².